The summed E-state index contributed by atoms with van der Waals surface area (Å²) in [5, 5.41) is 9.94. The number of halogens is 1. The third-order valence-electron chi connectivity index (χ3n) is 5.23. The van der Waals surface area contributed by atoms with Crippen molar-refractivity contribution in [2.45, 2.75) is 45.8 Å². The number of quaternary nitrogens is 1. The average Bonchev–Trinajstić information content (AvgIpc) is 3.06. The quantitative estimate of drug-likeness (QED) is 0.628. The minimum absolute atomic E-state index is 0.0535. The minimum Gasteiger partial charge on any atom is -0.390 e. The second-order valence-corrected chi connectivity index (χ2v) is 7.71. The molecule has 0 fully saturated rings. The molecule has 1 heterocycles. The van der Waals surface area contributed by atoms with Crippen LogP contribution in [0.1, 0.15) is 38.4 Å². The van der Waals surface area contributed by atoms with Crippen LogP contribution >= 0.6 is 0 Å². The largest absolute Gasteiger partial charge is 0.390 e. The number of aromatic nitrogens is 1. The molecule has 142 valence electrons. The van der Waals surface area contributed by atoms with Gasteiger partial charge >= 0.3 is 0 Å². The topological polar surface area (TPSA) is 29.6 Å². The van der Waals surface area contributed by atoms with Gasteiger partial charge in [0.15, 0.2) is 0 Å². The maximum Gasteiger partial charge on any atom is 0.137 e. The molecule has 0 aliphatic heterocycles. The Labute approximate surface area is 156 Å². The van der Waals surface area contributed by atoms with Gasteiger partial charge in [0.05, 0.1) is 18.8 Å². The van der Waals surface area contributed by atoms with Crippen molar-refractivity contribution in [2.75, 3.05) is 13.2 Å². The van der Waals surface area contributed by atoms with E-state index in [9.17, 15) is 9.50 Å². The molecule has 2 rings (SSSR count). The summed E-state index contributed by atoms with van der Waals surface area (Å²) >= 11 is 0. The molecule has 3 nitrogen and oxygen atoms in total. The molecule has 1 aromatic heterocycles. The van der Waals surface area contributed by atoms with Crippen molar-refractivity contribution in [3.05, 3.63) is 72.3 Å². The Morgan fingerprint density at radius 3 is 2.62 bits per heavy atom. The Morgan fingerprint density at radius 2 is 2.00 bits per heavy atom. The first-order valence-corrected chi connectivity index (χ1v) is 9.36. The van der Waals surface area contributed by atoms with Crippen molar-refractivity contribution in [3.63, 3.8) is 0 Å². The third-order valence-corrected chi connectivity index (χ3v) is 5.23. The van der Waals surface area contributed by atoms with E-state index in [0.29, 0.717) is 18.0 Å². The van der Waals surface area contributed by atoms with Gasteiger partial charge in [-0.15, -0.1) is 0 Å². The van der Waals surface area contributed by atoms with Crippen molar-refractivity contribution in [1.29, 1.82) is 0 Å². The zero-order valence-corrected chi connectivity index (χ0v) is 16.2. The predicted octanol–water partition coefficient (Wildman–Crippen LogP) is 3.04. The van der Waals surface area contributed by atoms with Crippen LogP contribution in [0.2, 0.25) is 0 Å². The molecule has 0 amide bonds. The monoisotopic (exact) mass is 359 g/mol. The van der Waals surface area contributed by atoms with Crippen molar-refractivity contribution in [2.24, 2.45) is 5.92 Å². The summed E-state index contributed by atoms with van der Waals surface area (Å²) < 4.78 is 16.1. The van der Waals surface area contributed by atoms with Crippen LogP contribution < -0.4 is 4.90 Å². The SMILES string of the molecule is C=C[C@](C)(CO)[NH+](CCC(C)C)Cc1cccn1Cc1ccccc1F. The Morgan fingerprint density at radius 1 is 1.27 bits per heavy atom. The van der Waals surface area contributed by atoms with Crippen molar-refractivity contribution < 1.29 is 14.4 Å². The van der Waals surface area contributed by atoms with Gasteiger partial charge in [-0.25, -0.2) is 4.39 Å². The highest BCUT2D eigenvalue weighted by Crippen LogP contribution is 2.12. The van der Waals surface area contributed by atoms with E-state index < -0.39 is 5.54 Å². The summed E-state index contributed by atoms with van der Waals surface area (Å²) in [5.74, 6) is 0.422. The van der Waals surface area contributed by atoms with Gasteiger partial charge in [-0.1, -0.05) is 38.6 Å². The van der Waals surface area contributed by atoms with Crippen LogP contribution in [0.3, 0.4) is 0 Å². The highest BCUT2D eigenvalue weighted by molar-refractivity contribution is 5.19. The maximum atomic E-state index is 14.0. The Hall–Kier alpha value is -1.91. The summed E-state index contributed by atoms with van der Waals surface area (Å²) in [6.07, 6.45) is 4.92. The molecule has 1 unspecified atom stereocenters. The number of hydrogen-bond acceptors (Lipinski definition) is 1. The molecule has 0 saturated carbocycles. The average molecular weight is 360 g/mol. The third kappa shape index (κ3) is 5.05. The second kappa shape index (κ2) is 9.15. The molecule has 0 aliphatic carbocycles. The normalized spacial score (nSPS) is 15.0. The van der Waals surface area contributed by atoms with Crippen molar-refractivity contribution in [3.8, 4) is 0 Å². The van der Waals surface area contributed by atoms with E-state index in [1.165, 1.54) is 11.0 Å². The van der Waals surface area contributed by atoms with E-state index in [0.717, 1.165) is 25.2 Å². The lowest BCUT2D eigenvalue weighted by Gasteiger charge is -2.35. The van der Waals surface area contributed by atoms with Crippen LogP contribution in [0.5, 0.6) is 0 Å². The van der Waals surface area contributed by atoms with Crippen LogP contribution in [0.25, 0.3) is 0 Å². The number of aliphatic hydroxyl groups excluding tert-OH is 1. The van der Waals surface area contributed by atoms with Crippen molar-refractivity contribution in [1.82, 2.24) is 4.57 Å². The Kier molecular flexibility index (Phi) is 7.18. The second-order valence-electron chi connectivity index (χ2n) is 7.71. The Bertz CT molecular complexity index is 710. The fourth-order valence-corrected chi connectivity index (χ4v) is 3.15. The minimum atomic E-state index is -0.401. The van der Waals surface area contributed by atoms with Crippen LogP contribution in [0.15, 0.2) is 55.3 Å². The molecule has 0 saturated heterocycles. The first-order chi connectivity index (χ1) is 12.4. The van der Waals surface area contributed by atoms with Crippen LogP contribution in [0.4, 0.5) is 4.39 Å². The first-order valence-electron chi connectivity index (χ1n) is 9.36. The van der Waals surface area contributed by atoms with Crippen LogP contribution in [0, 0.1) is 11.7 Å². The van der Waals surface area contributed by atoms with Gasteiger partial charge < -0.3 is 14.6 Å². The molecule has 2 atom stereocenters. The van der Waals surface area contributed by atoms with Gasteiger partial charge in [-0.05, 0) is 43.5 Å². The van der Waals surface area contributed by atoms with E-state index in [-0.39, 0.29) is 12.4 Å². The zero-order chi connectivity index (χ0) is 19.2. The lowest BCUT2D eigenvalue weighted by atomic mass is 9.99. The van der Waals surface area contributed by atoms with Crippen molar-refractivity contribution >= 4 is 0 Å². The fraction of sp³-hybridized carbons (Fsp3) is 0.455. The van der Waals surface area contributed by atoms with Gasteiger partial charge in [0, 0.05) is 11.8 Å². The predicted molar refractivity (Wildman–Crippen MR) is 105 cm³/mol. The van der Waals surface area contributed by atoms with E-state index in [4.69, 9.17) is 0 Å². The number of nitrogens with one attached hydrogen (secondary N) is 1. The van der Waals surface area contributed by atoms with Gasteiger partial charge in [0.25, 0.3) is 0 Å². The number of hydrogen-bond donors (Lipinski definition) is 2. The van der Waals surface area contributed by atoms with Gasteiger partial charge in [-0.3, -0.25) is 0 Å². The van der Waals surface area contributed by atoms with Crippen LogP contribution in [-0.2, 0) is 13.1 Å². The summed E-state index contributed by atoms with van der Waals surface area (Å²) in [4.78, 5) is 1.28. The highest BCUT2D eigenvalue weighted by atomic mass is 19.1. The molecule has 0 spiro atoms. The molecule has 26 heavy (non-hydrogen) atoms. The lowest BCUT2D eigenvalue weighted by molar-refractivity contribution is -0.957. The van der Waals surface area contributed by atoms with E-state index in [1.54, 1.807) is 6.07 Å². The fourth-order valence-electron chi connectivity index (χ4n) is 3.15. The Balaban J connectivity index is 2.22. The summed E-state index contributed by atoms with van der Waals surface area (Å²) in [7, 11) is 0. The molecular formula is C22H32FN2O+. The highest BCUT2D eigenvalue weighted by Gasteiger charge is 2.32. The van der Waals surface area contributed by atoms with Gasteiger partial charge in [0.1, 0.15) is 24.5 Å². The zero-order valence-electron chi connectivity index (χ0n) is 16.2. The number of nitrogens with zero attached hydrogens (tertiary/aromatic N) is 1. The number of aliphatic hydroxyl groups is 1. The summed E-state index contributed by atoms with van der Waals surface area (Å²) in [6.45, 7) is 12.7. The molecular weight excluding hydrogens is 327 g/mol. The van der Waals surface area contributed by atoms with Gasteiger partial charge in [0.2, 0.25) is 0 Å². The van der Waals surface area contributed by atoms with Crippen LogP contribution in [-0.4, -0.2) is 28.4 Å². The molecule has 0 bridgehead atoms. The molecule has 2 aromatic rings. The summed E-state index contributed by atoms with van der Waals surface area (Å²) in [6, 6.07) is 11.0. The lowest BCUT2D eigenvalue weighted by Crippen LogP contribution is -3.19. The number of rotatable bonds is 10. The number of benzene rings is 1. The molecule has 2 N–H and O–H groups in total. The molecule has 0 radical (unpaired) electrons. The first kappa shape index (κ1) is 20.4. The van der Waals surface area contributed by atoms with E-state index >= 15 is 0 Å². The maximum absolute atomic E-state index is 14.0. The standard InChI is InChI=1S/C22H31FN2O/c1-5-22(4,17-26)25(14-12-18(2)3)16-20-10-8-13-24(20)15-19-9-6-7-11-21(19)23/h5-11,13,18,26H,1,12,14-17H2,2-4H3/p+1/t22-/m1/s1. The van der Waals surface area contributed by atoms with E-state index in [2.05, 4.69) is 31.1 Å². The van der Waals surface area contributed by atoms with Gasteiger partial charge in [-0.2, -0.15) is 0 Å². The summed E-state index contributed by atoms with van der Waals surface area (Å²) in [5.41, 5.74) is 1.41. The van der Waals surface area contributed by atoms with E-state index in [1.807, 2.05) is 37.4 Å². The molecule has 1 aromatic carbocycles. The smallest absolute Gasteiger partial charge is 0.137 e. The molecule has 0 aliphatic rings. The molecule has 4 heteroatoms.